The topological polar surface area (TPSA) is 70.2 Å². The lowest BCUT2D eigenvalue weighted by molar-refractivity contribution is 0.0700. The van der Waals surface area contributed by atoms with E-state index < -0.39 is 5.97 Å². The van der Waals surface area contributed by atoms with E-state index in [0.29, 0.717) is 12.1 Å². The van der Waals surface area contributed by atoms with Gasteiger partial charge in [0.05, 0.1) is 0 Å². The van der Waals surface area contributed by atoms with E-state index in [2.05, 4.69) is 11.9 Å². The monoisotopic (exact) mass is 215 g/mol. The Bertz CT molecular complexity index is 366. The molecule has 0 saturated heterocycles. The summed E-state index contributed by atoms with van der Waals surface area (Å²) in [6.07, 6.45) is 3.70. The molecule has 0 radical (unpaired) electrons. The number of aromatic nitrogens is 1. The number of rotatable bonds is 5. The number of aromatic carboxylic acids is 1. The van der Waals surface area contributed by atoms with Crippen molar-refractivity contribution in [2.75, 3.05) is 0 Å². The van der Waals surface area contributed by atoms with Gasteiger partial charge in [0.1, 0.15) is 4.88 Å². The standard InChI is InChI=1S/C9H13NO3S/c1-2-3-4-5-6-7(8(11)12)14-9(13)10-6/h2-5H2,1H3,(H,10,13)(H,11,12). The Morgan fingerprint density at radius 1 is 1.50 bits per heavy atom. The predicted molar refractivity (Wildman–Crippen MR) is 55.1 cm³/mol. The number of aryl methyl sites for hydroxylation is 1. The first-order valence-corrected chi connectivity index (χ1v) is 5.42. The lowest BCUT2D eigenvalue weighted by Gasteiger charge is -1.97. The van der Waals surface area contributed by atoms with Crippen molar-refractivity contribution in [3.8, 4) is 0 Å². The van der Waals surface area contributed by atoms with Gasteiger partial charge in [0.25, 0.3) is 0 Å². The van der Waals surface area contributed by atoms with E-state index in [1.54, 1.807) is 0 Å². The van der Waals surface area contributed by atoms with Crippen LogP contribution in [0.5, 0.6) is 0 Å². The number of hydrogen-bond donors (Lipinski definition) is 2. The molecule has 1 heterocycles. The van der Waals surface area contributed by atoms with E-state index in [1.165, 1.54) is 0 Å². The van der Waals surface area contributed by atoms with E-state index in [-0.39, 0.29) is 9.75 Å². The van der Waals surface area contributed by atoms with Crippen LogP contribution in [0.2, 0.25) is 0 Å². The smallest absolute Gasteiger partial charge is 0.347 e. The lowest BCUT2D eigenvalue weighted by Crippen LogP contribution is -2.00. The molecule has 0 atom stereocenters. The Balaban J connectivity index is 2.74. The van der Waals surface area contributed by atoms with Gasteiger partial charge in [-0.15, -0.1) is 0 Å². The van der Waals surface area contributed by atoms with Gasteiger partial charge in [-0.1, -0.05) is 31.1 Å². The van der Waals surface area contributed by atoms with Crippen molar-refractivity contribution in [2.24, 2.45) is 0 Å². The van der Waals surface area contributed by atoms with Gasteiger partial charge < -0.3 is 10.1 Å². The Kier molecular flexibility index (Phi) is 3.88. The van der Waals surface area contributed by atoms with Crippen LogP contribution in [0.15, 0.2) is 4.79 Å². The van der Waals surface area contributed by atoms with Crippen LogP contribution in [0.3, 0.4) is 0 Å². The average Bonchev–Trinajstić information content (AvgIpc) is 2.47. The van der Waals surface area contributed by atoms with Gasteiger partial charge >= 0.3 is 10.8 Å². The quantitative estimate of drug-likeness (QED) is 0.736. The first kappa shape index (κ1) is 11.0. The van der Waals surface area contributed by atoms with E-state index in [0.717, 1.165) is 30.6 Å². The molecule has 0 aliphatic heterocycles. The summed E-state index contributed by atoms with van der Waals surface area (Å²) in [5.74, 6) is -1.01. The summed E-state index contributed by atoms with van der Waals surface area (Å²) in [6, 6.07) is 0. The minimum Gasteiger partial charge on any atom is -0.477 e. The van der Waals surface area contributed by atoms with Gasteiger partial charge in [-0.05, 0) is 12.8 Å². The molecule has 0 fully saturated rings. The highest BCUT2D eigenvalue weighted by atomic mass is 32.1. The molecule has 0 aromatic carbocycles. The maximum Gasteiger partial charge on any atom is 0.347 e. The van der Waals surface area contributed by atoms with Gasteiger partial charge in [-0.3, -0.25) is 4.79 Å². The van der Waals surface area contributed by atoms with E-state index in [9.17, 15) is 9.59 Å². The third-order valence-corrected chi connectivity index (χ3v) is 2.86. The Labute approximate surface area is 85.6 Å². The summed E-state index contributed by atoms with van der Waals surface area (Å²) in [5.41, 5.74) is 0.570. The molecule has 0 amide bonds. The van der Waals surface area contributed by atoms with Crippen LogP contribution in [-0.2, 0) is 6.42 Å². The predicted octanol–water partition coefficient (Wildman–Crippen LogP) is 1.87. The summed E-state index contributed by atoms with van der Waals surface area (Å²) in [4.78, 5) is 24.1. The summed E-state index contributed by atoms with van der Waals surface area (Å²) >= 11 is 0.770. The number of aromatic amines is 1. The maximum atomic E-state index is 10.9. The number of carbonyl (C=O) groups is 1. The molecule has 1 aromatic heterocycles. The second-order valence-corrected chi connectivity index (χ2v) is 4.07. The van der Waals surface area contributed by atoms with Crippen LogP contribution in [0, 0.1) is 0 Å². The molecular formula is C9H13NO3S. The summed E-state index contributed by atoms with van der Waals surface area (Å²) < 4.78 is 0. The van der Waals surface area contributed by atoms with E-state index in [1.807, 2.05) is 0 Å². The fraction of sp³-hybridized carbons (Fsp3) is 0.556. The van der Waals surface area contributed by atoms with Crippen molar-refractivity contribution < 1.29 is 9.90 Å². The molecule has 4 nitrogen and oxygen atoms in total. The van der Waals surface area contributed by atoms with Crippen molar-refractivity contribution in [2.45, 2.75) is 32.6 Å². The minimum atomic E-state index is -1.01. The molecule has 1 aromatic rings. The summed E-state index contributed by atoms with van der Waals surface area (Å²) in [5, 5.41) is 8.79. The molecule has 0 aliphatic rings. The van der Waals surface area contributed by atoms with Crippen LogP contribution in [-0.4, -0.2) is 16.1 Å². The molecule has 1 rings (SSSR count). The zero-order chi connectivity index (χ0) is 10.6. The number of carboxylic acid groups (broad SMARTS) is 1. The zero-order valence-electron chi connectivity index (χ0n) is 8.00. The molecule has 78 valence electrons. The second-order valence-electron chi connectivity index (χ2n) is 3.08. The molecule has 14 heavy (non-hydrogen) atoms. The minimum absolute atomic E-state index is 0.158. The Morgan fingerprint density at radius 3 is 2.79 bits per heavy atom. The van der Waals surface area contributed by atoms with Crippen LogP contribution in [0.1, 0.15) is 41.6 Å². The normalized spacial score (nSPS) is 10.4. The van der Waals surface area contributed by atoms with Crippen LogP contribution in [0.25, 0.3) is 0 Å². The van der Waals surface area contributed by atoms with Crippen molar-refractivity contribution in [3.05, 3.63) is 20.2 Å². The fourth-order valence-electron chi connectivity index (χ4n) is 1.26. The highest BCUT2D eigenvalue weighted by Gasteiger charge is 2.13. The van der Waals surface area contributed by atoms with Crippen molar-refractivity contribution in [1.82, 2.24) is 4.98 Å². The number of thiazole rings is 1. The molecule has 2 N–H and O–H groups in total. The Morgan fingerprint density at radius 2 is 2.21 bits per heavy atom. The summed E-state index contributed by atoms with van der Waals surface area (Å²) in [7, 11) is 0. The second kappa shape index (κ2) is 4.95. The third-order valence-electron chi connectivity index (χ3n) is 1.95. The highest BCUT2D eigenvalue weighted by molar-refractivity contribution is 7.11. The summed E-state index contributed by atoms with van der Waals surface area (Å²) in [6.45, 7) is 2.08. The number of H-pyrrole nitrogens is 1. The van der Waals surface area contributed by atoms with E-state index >= 15 is 0 Å². The van der Waals surface area contributed by atoms with Crippen LogP contribution in [0.4, 0.5) is 0 Å². The highest BCUT2D eigenvalue weighted by Crippen LogP contribution is 2.12. The maximum absolute atomic E-state index is 10.9. The number of nitrogens with one attached hydrogen (secondary N) is 1. The molecule has 5 heteroatoms. The molecule has 0 aliphatic carbocycles. The molecular weight excluding hydrogens is 202 g/mol. The van der Waals surface area contributed by atoms with E-state index in [4.69, 9.17) is 5.11 Å². The molecule has 0 spiro atoms. The molecule has 0 saturated carbocycles. The number of hydrogen-bond acceptors (Lipinski definition) is 3. The van der Waals surface area contributed by atoms with Gasteiger partial charge in [0, 0.05) is 5.69 Å². The van der Waals surface area contributed by atoms with Crippen molar-refractivity contribution >= 4 is 17.3 Å². The zero-order valence-corrected chi connectivity index (χ0v) is 8.82. The number of unbranched alkanes of at least 4 members (excludes halogenated alkanes) is 2. The van der Waals surface area contributed by atoms with Gasteiger partial charge in [-0.25, -0.2) is 4.79 Å². The largest absolute Gasteiger partial charge is 0.477 e. The van der Waals surface area contributed by atoms with Gasteiger partial charge in [0.15, 0.2) is 0 Å². The molecule has 0 bridgehead atoms. The molecule has 0 unspecified atom stereocenters. The lowest BCUT2D eigenvalue weighted by atomic mass is 10.1. The SMILES string of the molecule is CCCCCc1[nH]c(=O)sc1C(=O)O. The van der Waals surface area contributed by atoms with Crippen LogP contribution >= 0.6 is 11.3 Å². The number of carboxylic acids is 1. The Hall–Kier alpha value is -1.10. The van der Waals surface area contributed by atoms with Crippen molar-refractivity contribution in [1.29, 1.82) is 0 Å². The van der Waals surface area contributed by atoms with Gasteiger partial charge in [0.2, 0.25) is 0 Å². The first-order valence-electron chi connectivity index (χ1n) is 4.60. The van der Waals surface area contributed by atoms with Gasteiger partial charge in [-0.2, -0.15) is 0 Å². The van der Waals surface area contributed by atoms with Crippen molar-refractivity contribution in [3.63, 3.8) is 0 Å². The van der Waals surface area contributed by atoms with Crippen LogP contribution < -0.4 is 4.87 Å². The fourth-order valence-corrected chi connectivity index (χ4v) is 1.98. The first-order chi connectivity index (χ1) is 6.65. The third kappa shape index (κ3) is 2.70. The average molecular weight is 215 g/mol.